The molecule has 0 unspecified atom stereocenters. The number of halogens is 1. The standard InChI is InChI=1S/C25H19FN4O/c26-15-8-6-14(7-9-15)25-17(13-28-30-25)23-22-16-3-2-12-27-18(16)10-11-20(22)29-19-4-1-5-21(31)24(19)23/h2-3,6-13,23,29H,1,4-5H2,(H,28,30)/t23-/m0/s1. The van der Waals surface area contributed by atoms with Crippen LogP contribution in [0.5, 0.6) is 0 Å². The van der Waals surface area contributed by atoms with Crippen LogP contribution in [0.2, 0.25) is 0 Å². The average molecular weight is 410 g/mol. The molecule has 31 heavy (non-hydrogen) atoms. The van der Waals surface area contributed by atoms with E-state index in [1.165, 1.54) is 12.1 Å². The van der Waals surface area contributed by atoms with Gasteiger partial charge in [0.2, 0.25) is 0 Å². The Bertz CT molecular complexity index is 1370. The van der Waals surface area contributed by atoms with Crippen molar-refractivity contribution in [2.75, 3.05) is 5.32 Å². The number of ketones is 1. The molecular formula is C25H19FN4O. The molecule has 5 nitrogen and oxygen atoms in total. The number of carbonyl (C=O) groups is 1. The van der Waals surface area contributed by atoms with Crippen molar-refractivity contribution in [1.82, 2.24) is 15.2 Å². The Kier molecular flexibility index (Phi) is 3.99. The minimum Gasteiger partial charge on any atom is -0.358 e. The van der Waals surface area contributed by atoms with Crippen LogP contribution >= 0.6 is 0 Å². The van der Waals surface area contributed by atoms with Gasteiger partial charge >= 0.3 is 0 Å². The third-order valence-corrected chi connectivity index (χ3v) is 6.26. The molecule has 0 fully saturated rings. The fraction of sp³-hybridized carbons (Fsp3) is 0.160. The highest BCUT2D eigenvalue weighted by molar-refractivity contribution is 6.04. The topological polar surface area (TPSA) is 70.7 Å². The van der Waals surface area contributed by atoms with E-state index in [9.17, 15) is 9.18 Å². The van der Waals surface area contributed by atoms with E-state index >= 15 is 0 Å². The van der Waals surface area contributed by atoms with Crippen molar-refractivity contribution < 1.29 is 9.18 Å². The summed E-state index contributed by atoms with van der Waals surface area (Å²) in [4.78, 5) is 17.7. The highest BCUT2D eigenvalue weighted by Crippen LogP contribution is 2.49. The molecule has 6 heteroatoms. The largest absolute Gasteiger partial charge is 0.358 e. The Hall–Kier alpha value is -3.80. The van der Waals surface area contributed by atoms with Gasteiger partial charge in [-0.15, -0.1) is 0 Å². The minimum atomic E-state index is -0.290. The fourth-order valence-electron chi connectivity index (χ4n) is 4.90. The molecule has 2 N–H and O–H groups in total. The van der Waals surface area contributed by atoms with Gasteiger partial charge in [-0.3, -0.25) is 14.9 Å². The second-order valence-electron chi connectivity index (χ2n) is 8.03. The van der Waals surface area contributed by atoms with Gasteiger partial charge in [-0.25, -0.2) is 4.39 Å². The summed E-state index contributed by atoms with van der Waals surface area (Å²) in [6.07, 6.45) is 5.79. The lowest BCUT2D eigenvalue weighted by Crippen LogP contribution is -2.27. The van der Waals surface area contributed by atoms with E-state index in [1.54, 1.807) is 24.5 Å². The number of hydrogen-bond donors (Lipinski definition) is 2. The van der Waals surface area contributed by atoms with Crippen LogP contribution in [0.4, 0.5) is 10.1 Å². The summed E-state index contributed by atoms with van der Waals surface area (Å²) in [5.41, 5.74) is 7.24. The van der Waals surface area contributed by atoms with Crippen LogP contribution in [0.3, 0.4) is 0 Å². The molecule has 0 bridgehead atoms. The zero-order chi connectivity index (χ0) is 20.9. The Morgan fingerprint density at radius 1 is 1.03 bits per heavy atom. The number of aromatic amines is 1. The van der Waals surface area contributed by atoms with Gasteiger partial charge in [0.15, 0.2) is 5.78 Å². The van der Waals surface area contributed by atoms with Crippen molar-refractivity contribution in [1.29, 1.82) is 0 Å². The summed E-state index contributed by atoms with van der Waals surface area (Å²) in [6, 6.07) is 14.4. The van der Waals surface area contributed by atoms with Crippen LogP contribution in [0.15, 0.2) is 72.2 Å². The van der Waals surface area contributed by atoms with E-state index < -0.39 is 0 Å². The number of allylic oxidation sites excluding steroid dienone is 2. The molecule has 0 amide bonds. The van der Waals surface area contributed by atoms with Crippen molar-refractivity contribution in [2.24, 2.45) is 0 Å². The summed E-state index contributed by atoms with van der Waals surface area (Å²) in [7, 11) is 0. The molecule has 1 atom stereocenters. The van der Waals surface area contributed by atoms with E-state index in [4.69, 9.17) is 0 Å². The predicted octanol–water partition coefficient (Wildman–Crippen LogP) is 5.33. The molecule has 4 aromatic rings. The van der Waals surface area contributed by atoms with Crippen molar-refractivity contribution in [2.45, 2.75) is 25.2 Å². The van der Waals surface area contributed by atoms with Gasteiger partial charge in [0, 0.05) is 52.0 Å². The molecule has 3 heterocycles. The molecule has 0 spiro atoms. The summed E-state index contributed by atoms with van der Waals surface area (Å²) >= 11 is 0. The van der Waals surface area contributed by atoms with Gasteiger partial charge < -0.3 is 5.32 Å². The Labute approximate surface area is 178 Å². The van der Waals surface area contributed by atoms with E-state index in [2.05, 4.69) is 20.5 Å². The minimum absolute atomic E-state index is 0.163. The number of Topliss-reactive ketones (excluding diaryl/α,β-unsaturated/α-hetero) is 1. The van der Waals surface area contributed by atoms with Crippen LogP contribution in [0, 0.1) is 5.82 Å². The summed E-state index contributed by atoms with van der Waals surface area (Å²) in [5, 5.41) is 11.9. The lowest BCUT2D eigenvalue weighted by atomic mass is 9.74. The van der Waals surface area contributed by atoms with E-state index in [0.717, 1.165) is 63.1 Å². The first kappa shape index (κ1) is 18.0. The van der Waals surface area contributed by atoms with Crippen LogP contribution in [-0.4, -0.2) is 21.0 Å². The number of nitrogens with zero attached hydrogens (tertiary/aromatic N) is 2. The summed E-state index contributed by atoms with van der Waals surface area (Å²) in [5.74, 6) is -0.399. The maximum atomic E-state index is 13.5. The summed E-state index contributed by atoms with van der Waals surface area (Å²) < 4.78 is 13.5. The van der Waals surface area contributed by atoms with Gasteiger partial charge in [-0.2, -0.15) is 5.10 Å². The average Bonchev–Trinajstić information content (AvgIpc) is 3.28. The zero-order valence-electron chi connectivity index (χ0n) is 16.7. The van der Waals surface area contributed by atoms with Crippen molar-refractivity contribution in [3.8, 4) is 11.3 Å². The smallest absolute Gasteiger partial charge is 0.161 e. The van der Waals surface area contributed by atoms with Crippen LogP contribution in [-0.2, 0) is 4.79 Å². The fourth-order valence-corrected chi connectivity index (χ4v) is 4.90. The number of fused-ring (bicyclic) bond motifs is 3. The molecule has 6 rings (SSSR count). The van der Waals surface area contributed by atoms with Crippen LogP contribution in [0.1, 0.15) is 36.3 Å². The maximum absolute atomic E-state index is 13.5. The maximum Gasteiger partial charge on any atom is 0.161 e. The lowest BCUT2D eigenvalue weighted by molar-refractivity contribution is -0.116. The first-order valence-electron chi connectivity index (χ1n) is 10.4. The molecule has 152 valence electrons. The number of carbonyl (C=O) groups excluding carboxylic acids is 1. The number of benzene rings is 2. The van der Waals surface area contributed by atoms with Gasteiger partial charge in [-0.05, 0) is 60.9 Å². The molecule has 2 aliphatic rings. The van der Waals surface area contributed by atoms with Gasteiger partial charge in [0.25, 0.3) is 0 Å². The third kappa shape index (κ3) is 2.79. The number of pyridine rings is 1. The number of anilines is 1. The van der Waals surface area contributed by atoms with E-state index in [1.807, 2.05) is 24.3 Å². The van der Waals surface area contributed by atoms with Gasteiger partial charge in [-0.1, -0.05) is 6.07 Å². The van der Waals surface area contributed by atoms with E-state index in [0.29, 0.717) is 6.42 Å². The predicted molar refractivity (Wildman–Crippen MR) is 117 cm³/mol. The van der Waals surface area contributed by atoms with Crippen LogP contribution < -0.4 is 5.32 Å². The molecule has 0 saturated heterocycles. The second kappa shape index (κ2) is 6.87. The number of nitrogens with one attached hydrogen (secondary N) is 2. The van der Waals surface area contributed by atoms with Crippen molar-refractivity contribution in [3.63, 3.8) is 0 Å². The quantitative estimate of drug-likeness (QED) is 0.469. The number of rotatable bonds is 2. The molecule has 0 saturated carbocycles. The molecule has 2 aromatic carbocycles. The number of hydrogen-bond acceptors (Lipinski definition) is 4. The first-order valence-corrected chi connectivity index (χ1v) is 10.4. The molecule has 2 aromatic heterocycles. The Morgan fingerprint density at radius 2 is 1.90 bits per heavy atom. The molecule has 1 aliphatic carbocycles. The third-order valence-electron chi connectivity index (χ3n) is 6.26. The monoisotopic (exact) mass is 410 g/mol. The Morgan fingerprint density at radius 3 is 2.77 bits per heavy atom. The van der Waals surface area contributed by atoms with Gasteiger partial charge in [0.1, 0.15) is 5.82 Å². The molecular weight excluding hydrogens is 391 g/mol. The lowest BCUT2D eigenvalue weighted by Gasteiger charge is -2.34. The second-order valence-corrected chi connectivity index (χ2v) is 8.03. The normalized spacial score (nSPS) is 18.0. The van der Waals surface area contributed by atoms with E-state index in [-0.39, 0.29) is 17.5 Å². The zero-order valence-corrected chi connectivity index (χ0v) is 16.7. The first-order chi connectivity index (χ1) is 15.2. The SMILES string of the molecule is O=C1CCCC2=C1[C@@H](c1cn[nH]c1-c1ccc(F)cc1)c1c(ccc3ncccc13)N2. The molecule has 1 aliphatic heterocycles. The number of aromatic nitrogens is 3. The van der Waals surface area contributed by atoms with Crippen molar-refractivity contribution >= 4 is 22.4 Å². The Balaban J connectivity index is 1.64. The summed E-state index contributed by atoms with van der Waals surface area (Å²) in [6.45, 7) is 0. The van der Waals surface area contributed by atoms with Gasteiger partial charge in [0.05, 0.1) is 17.4 Å². The van der Waals surface area contributed by atoms with Crippen molar-refractivity contribution in [3.05, 3.63) is 89.1 Å². The highest BCUT2D eigenvalue weighted by atomic mass is 19.1. The molecule has 0 radical (unpaired) electrons. The number of H-pyrrole nitrogens is 1. The van der Waals surface area contributed by atoms with Crippen LogP contribution in [0.25, 0.3) is 22.2 Å². The highest BCUT2D eigenvalue weighted by Gasteiger charge is 2.38.